The van der Waals surface area contributed by atoms with Crippen LogP contribution in [-0.2, 0) is 36.5 Å². The summed E-state index contributed by atoms with van der Waals surface area (Å²) in [6.07, 6.45) is 3.08. The van der Waals surface area contributed by atoms with Crippen molar-refractivity contribution in [3.8, 4) is 5.75 Å². The van der Waals surface area contributed by atoms with Crippen LogP contribution in [0.1, 0.15) is 11.1 Å². The summed E-state index contributed by atoms with van der Waals surface area (Å²) >= 11 is 0. The van der Waals surface area contributed by atoms with Gasteiger partial charge in [0.1, 0.15) is 18.0 Å². The van der Waals surface area contributed by atoms with E-state index >= 15 is 0 Å². The Morgan fingerprint density at radius 3 is 1.92 bits per heavy atom. The van der Waals surface area contributed by atoms with Crippen molar-refractivity contribution in [1.29, 1.82) is 0 Å². The molecule has 25 heavy (non-hydrogen) atoms. The minimum atomic E-state index is 0.163. The lowest BCUT2D eigenvalue weighted by Gasteiger charge is -2.12. The molecule has 4 unspecified atom stereocenters. The first-order chi connectivity index (χ1) is 12.2. The number of benzene rings is 1. The van der Waals surface area contributed by atoms with Crippen LogP contribution in [0.15, 0.2) is 12.1 Å². The van der Waals surface area contributed by atoms with Gasteiger partial charge in [0.25, 0.3) is 0 Å². The standard InChI is InChI=1S/C12H15NO3.C6H10O3/c13-12-10(4-9-6-16-9)7(1-2-11(12)14)3-8-5-15-8;1(5-3-8-5)7-2-6-4-9-6/h1-2,8-9,14H,3-6,13H2;5-6H,1-4H2. The van der Waals surface area contributed by atoms with Crippen LogP contribution in [0.2, 0.25) is 0 Å². The lowest BCUT2D eigenvalue weighted by atomic mass is 9.97. The molecule has 7 nitrogen and oxygen atoms in total. The summed E-state index contributed by atoms with van der Waals surface area (Å²) in [6, 6.07) is 3.59. The highest BCUT2D eigenvalue weighted by Crippen LogP contribution is 2.32. The van der Waals surface area contributed by atoms with Crippen molar-refractivity contribution in [3.05, 3.63) is 23.3 Å². The number of nitrogens with two attached hydrogens (primary N) is 1. The van der Waals surface area contributed by atoms with Crippen LogP contribution >= 0.6 is 0 Å². The average Bonchev–Trinajstić information content (AvgIpc) is 3.46. The highest BCUT2D eigenvalue weighted by molar-refractivity contribution is 5.61. The van der Waals surface area contributed by atoms with E-state index in [0.29, 0.717) is 24.0 Å². The molecule has 1 aromatic rings. The van der Waals surface area contributed by atoms with E-state index in [1.165, 1.54) is 5.56 Å². The fourth-order valence-corrected chi connectivity index (χ4v) is 2.63. The predicted octanol–water partition coefficient (Wildman–Crippen LogP) is 0.658. The minimum Gasteiger partial charge on any atom is -0.506 e. The number of aromatic hydroxyl groups is 1. The van der Waals surface area contributed by atoms with Crippen molar-refractivity contribution in [2.45, 2.75) is 37.3 Å². The van der Waals surface area contributed by atoms with E-state index in [-0.39, 0.29) is 11.9 Å². The SMILES string of the molecule is C(OCC1CO1)C1CO1.Nc1c(O)ccc(CC2CO2)c1CC1CO1. The van der Waals surface area contributed by atoms with Gasteiger partial charge >= 0.3 is 0 Å². The van der Waals surface area contributed by atoms with Gasteiger partial charge < -0.3 is 34.5 Å². The third-order valence-electron chi connectivity index (χ3n) is 4.53. The van der Waals surface area contributed by atoms with E-state index in [1.54, 1.807) is 6.07 Å². The molecule has 0 saturated carbocycles. The molecule has 138 valence electrons. The smallest absolute Gasteiger partial charge is 0.138 e. The summed E-state index contributed by atoms with van der Waals surface area (Å²) in [7, 11) is 0. The Bertz CT molecular complexity index is 581. The minimum absolute atomic E-state index is 0.163. The van der Waals surface area contributed by atoms with Gasteiger partial charge in [-0.15, -0.1) is 0 Å². The highest BCUT2D eigenvalue weighted by atomic mass is 16.6. The third kappa shape index (κ3) is 5.55. The van der Waals surface area contributed by atoms with E-state index in [0.717, 1.165) is 58.0 Å². The Morgan fingerprint density at radius 2 is 1.40 bits per heavy atom. The summed E-state index contributed by atoms with van der Waals surface area (Å²) in [5.41, 5.74) is 8.60. The van der Waals surface area contributed by atoms with Crippen LogP contribution in [0.3, 0.4) is 0 Å². The summed E-state index contributed by atoms with van der Waals surface area (Å²) in [4.78, 5) is 0. The summed E-state index contributed by atoms with van der Waals surface area (Å²) in [5.74, 6) is 0.163. The maximum Gasteiger partial charge on any atom is 0.138 e. The van der Waals surface area contributed by atoms with Crippen LogP contribution in [0, 0.1) is 0 Å². The van der Waals surface area contributed by atoms with Gasteiger partial charge in [0, 0.05) is 12.8 Å². The van der Waals surface area contributed by atoms with Crippen molar-refractivity contribution < 1.29 is 28.8 Å². The molecule has 0 amide bonds. The maximum atomic E-state index is 9.61. The molecule has 4 saturated heterocycles. The first-order valence-electron chi connectivity index (χ1n) is 8.82. The molecule has 0 spiro atoms. The molecule has 4 heterocycles. The van der Waals surface area contributed by atoms with E-state index < -0.39 is 0 Å². The van der Waals surface area contributed by atoms with Gasteiger partial charge in [-0.25, -0.2) is 0 Å². The zero-order chi connectivity index (χ0) is 17.2. The molecule has 4 aliphatic rings. The summed E-state index contributed by atoms with van der Waals surface area (Å²) in [6.45, 7) is 4.89. The molecule has 1 aromatic carbocycles. The Morgan fingerprint density at radius 1 is 0.880 bits per heavy atom. The number of rotatable bonds is 8. The molecule has 0 bridgehead atoms. The second-order valence-corrected chi connectivity index (χ2v) is 6.90. The first-order valence-corrected chi connectivity index (χ1v) is 8.82. The zero-order valence-electron chi connectivity index (χ0n) is 14.2. The first kappa shape index (κ1) is 17.1. The van der Waals surface area contributed by atoms with E-state index in [9.17, 15) is 5.11 Å². The summed E-state index contributed by atoms with van der Waals surface area (Å²) in [5, 5.41) is 9.61. The molecular formula is C18H25NO6. The zero-order valence-corrected chi connectivity index (χ0v) is 14.2. The number of phenols is 1. The second-order valence-electron chi connectivity index (χ2n) is 6.90. The van der Waals surface area contributed by atoms with Crippen LogP contribution in [0.5, 0.6) is 5.75 Å². The number of hydrogen-bond acceptors (Lipinski definition) is 7. The van der Waals surface area contributed by atoms with Crippen LogP contribution in [0.25, 0.3) is 0 Å². The van der Waals surface area contributed by atoms with Crippen molar-refractivity contribution in [2.24, 2.45) is 0 Å². The molecule has 4 fully saturated rings. The largest absolute Gasteiger partial charge is 0.506 e. The Labute approximate surface area is 146 Å². The molecule has 4 atom stereocenters. The molecule has 7 heteroatoms. The molecule has 0 radical (unpaired) electrons. The normalized spacial score (nSPS) is 31.0. The van der Waals surface area contributed by atoms with Gasteiger partial charge in [0.05, 0.1) is 57.5 Å². The van der Waals surface area contributed by atoms with Gasteiger partial charge in [-0.1, -0.05) is 6.07 Å². The molecule has 3 N–H and O–H groups in total. The average molecular weight is 351 g/mol. The summed E-state index contributed by atoms with van der Waals surface area (Å²) < 4.78 is 25.6. The Balaban J connectivity index is 0.000000147. The lowest BCUT2D eigenvalue weighted by molar-refractivity contribution is 0.102. The van der Waals surface area contributed by atoms with Gasteiger partial charge in [0.15, 0.2) is 0 Å². The monoisotopic (exact) mass is 351 g/mol. The Kier molecular flexibility index (Phi) is 5.10. The maximum absolute atomic E-state index is 9.61. The molecule has 4 aliphatic heterocycles. The number of hydrogen-bond donors (Lipinski definition) is 2. The Hall–Kier alpha value is -1.38. The predicted molar refractivity (Wildman–Crippen MR) is 89.7 cm³/mol. The molecular weight excluding hydrogens is 326 g/mol. The van der Waals surface area contributed by atoms with E-state index in [4.69, 9.17) is 29.4 Å². The number of nitrogen functional groups attached to an aromatic ring is 1. The van der Waals surface area contributed by atoms with Crippen molar-refractivity contribution >= 4 is 5.69 Å². The number of epoxide rings is 4. The number of anilines is 1. The van der Waals surface area contributed by atoms with E-state index in [2.05, 4.69) is 0 Å². The lowest BCUT2D eigenvalue weighted by Crippen LogP contribution is -2.06. The van der Waals surface area contributed by atoms with Gasteiger partial charge in [-0.2, -0.15) is 0 Å². The second kappa shape index (κ2) is 7.47. The van der Waals surface area contributed by atoms with Crippen molar-refractivity contribution in [3.63, 3.8) is 0 Å². The van der Waals surface area contributed by atoms with Gasteiger partial charge in [0.2, 0.25) is 0 Å². The fourth-order valence-electron chi connectivity index (χ4n) is 2.63. The van der Waals surface area contributed by atoms with Gasteiger partial charge in [-0.3, -0.25) is 0 Å². The number of ether oxygens (including phenoxy) is 5. The van der Waals surface area contributed by atoms with Crippen LogP contribution in [0.4, 0.5) is 5.69 Å². The third-order valence-corrected chi connectivity index (χ3v) is 4.53. The van der Waals surface area contributed by atoms with Crippen LogP contribution < -0.4 is 5.73 Å². The van der Waals surface area contributed by atoms with Gasteiger partial charge in [-0.05, 0) is 17.2 Å². The topological polar surface area (TPSA) is 106 Å². The fraction of sp³-hybridized carbons (Fsp3) is 0.667. The van der Waals surface area contributed by atoms with Crippen LogP contribution in [-0.4, -0.2) is 69.2 Å². The molecule has 5 rings (SSSR count). The van der Waals surface area contributed by atoms with Crippen molar-refractivity contribution in [2.75, 3.05) is 45.4 Å². The molecule has 0 aliphatic carbocycles. The number of phenolic OH excluding ortho intramolecular Hbond substituents is 1. The molecule has 0 aromatic heterocycles. The van der Waals surface area contributed by atoms with E-state index in [1.807, 2.05) is 6.07 Å². The highest BCUT2D eigenvalue weighted by Gasteiger charge is 2.29. The quantitative estimate of drug-likeness (QED) is 0.402. The van der Waals surface area contributed by atoms with Crippen molar-refractivity contribution in [1.82, 2.24) is 0 Å².